The van der Waals surface area contributed by atoms with Gasteiger partial charge in [0.1, 0.15) is 0 Å². The lowest BCUT2D eigenvalue weighted by Crippen LogP contribution is -2.44. The highest BCUT2D eigenvalue weighted by molar-refractivity contribution is 4.99. The molecule has 0 bridgehead atoms. The maximum atomic E-state index is 5.33. The second-order valence-electron chi connectivity index (χ2n) is 3.97. The smallest absolute Gasteiger partial charge is 0.0695 e. The minimum atomic E-state index is 0.325. The van der Waals surface area contributed by atoms with Crippen LogP contribution in [0.15, 0.2) is 12.2 Å². The maximum Gasteiger partial charge on any atom is 0.0695 e. The van der Waals surface area contributed by atoms with E-state index in [1.54, 1.807) is 7.11 Å². The molecule has 0 spiro atoms. The number of methoxy groups -OCH3 is 1. The molecule has 2 nitrogen and oxygen atoms in total. The molecule has 0 aromatic rings. The second kappa shape index (κ2) is 4.77. The number of hydrogen-bond donors (Lipinski definition) is 0. The fraction of sp³-hybridized carbons (Fsp3) is 0.818. The summed E-state index contributed by atoms with van der Waals surface area (Å²) in [6.45, 7) is 10.7. The number of ether oxygens (including phenoxy) is 1. The van der Waals surface area contributed by atoms with Gasteiger partial charge in [-0.25, -0.2) is 0 Å². The predicted molar refractivity (Wildman–Crippen MR) is 55.9 cm³/mol. The summed E-state index contributed by atoms with van der Waals surface area (Å²) < 4.78 is 5.33. The topological polar surface area (TPSA) is 12.5 Å². The van der Waals surface area contributed by atoms with E-state index >= 15 is 0 Å². The molecule has 1 aliphatic heterocycles. The van der Waals surface area contributed by atoms with Crippen LogP contribution >= 0.6 is 0 Å². The first kappa shape index (κ1) is 10.7. The molecule has 1 saturated heterocycles. The normalized spacial score (nSPS) is 24.4. The molecule has 2 atom stereocenters. The van der Waals surface area contributed by atoms with Crippen molar-refractivity contribution in [2.75, 3.05) is 20.2 Å². The third-order valence-corrected chi connectivity index (χ3v) is 3.13. The largest absolute Gasteiger partial charge is 0.380 e. The van der Waals surface area contributed by atoms with Gasteiger partial charge in [0.15, 0.2) is 0 Å². The van der Waals surface area contributed by atoms with Crippen LogP contribution in [0.3, 0.4) is 0 Å². The lowest BCUT2D eigenvalue weighted by atomic mass is 10.0. The van der Waals surface area contributed by atoms with E-state index in [4.69, 9.17) is 4.74 Å². The van der Waals surface area contributed by atoms with Crippen LogP contribution in [0.4, 0.5) is 0 Å². The molecular formula is C11H21NO. The zero-order chi connectivity index (χ0) is 9.84. The molecule has 1 heterocycles. The van der Waals surface area contributed by atoms with E-state index in [2.05, 4.69) is 25.3 Å². The average molecular weight is 183 g/mol. The summed E-state index contributed by atoms with van der Waals surface area (Å²) in [7, 11) is 1.78. The van der Waals surface area contributed by atoms with Gasteiger partial charge in [-0.3, -0.25) is 4.90 Å². The van der Waals surface area contributed by atoms with Crippen molar-refractivity contribution in [2.24, 2.45) is 0 Å². The van der Waals surface area contributed by atoms with Crippen molar-refractivity contribution < 1.29 is 4.74 Å². The molecule has 0 N–H and O–H groups in total. The minimum Gasteiger partial charge on any atom is -0.380 e. The van der Waals surface area contributed by atoms with Gasteiger partial charge in [-0.1, -0.05) is 12.2 Å². The molecule has 2 unspecified atom stereocenters. The van der Waals surface area contributed by atoms with Crippen molar-refractivity contribution in [2.45, 2.75) is 38.8 Å². The number of nitrogens with zero attached hydrogens (tertiary/aromatic N) is 1. The summed E-state index contributed by atoms with van der Waals surface area (Å²) >= 11 is 0. The molecular weight excluding hydrogens is 162 g/mol. The first-order valence-corrected chi connectivity index (χ1v) is 5.08. The summed E-state index contributed by atoms with van der Waals surface area (Å²) in [5, 5.41) is 0. The maximum absolute atomic E-state index is 5.33. The standard InChI is InChI=1S/C11H21NO/c1-9-5-7-12(8-6-9)10(2)11(3)13-4/h10-11H,1,5-8H2,2-4H3. The average Bonchev–Trinajstić information content (AvgIpc) is 2.17. The van der Waals surface area contributed by atoms with Gasteiger partial charge >= 0.3 is 0 Å². The van der Waals surface area contributed by atoms with Crippen molar-refractivity contribution in [1.82, 2.24) is 4.90 Å². The fourth-order valence-corrected chi connectivity index (χ4v) is 1.74. The van der Waals surface area contributed by atoms with Gasteiger partial charge in [0, 0.05) is 26.2 Å². The third kappa shape index (κ3) is 2.82. The monoisotopic (exact) mass is 183 g/mol. The Kier molecular flexibility index (Phi) is 3.94. The van der Waals surface area contributed by atoms with Crippen molar-refractivity contribution in [3.05, 3.63) is 12.2 Å². The summed E-state index contributed by atoms with van der Waals surface area (Å²) in [5.41, 5.74) is 1.40. The summed E-state index contributed by atoms with van der Waals surface area (Å²) in [6, 6.07) is 0.526. The molecule has 76 valence electrons. The van der Waals surface area contributed by atoms with Crippen molar-refractivity contribution in [1.29, 1.82) is 0 Å². The van der Waals surface area contributed by atoms with E-state index in [0.717, 1.165) is 25.9 Å². The van der Waals surface area contributed by atoms with Crippen LogP contribution in [-0.2, 0) is 4.74 Å². The molecule has 1 rings (SSSR count). The van der Waals surface area contributed by atoms with Gasteiger partial charge in [-0.2, -0.15) is 0 Å². The minimum absolute atomic E-state index is 0.325. The Balaban J connectivity index is 2.39. The third-order valence-electron chi connectivity index (χ3n) is 3.13. The Morgan fingerprint density at radius 2 is 1.85 bits per heavy atom. The zero-order valence-electron chi connectivity index (χ0n) is 9.05. The lowest BCUT2D eigenvalue weighted by molar-refractivity contribution is 0.0301. The zero-order valence-corrected chi connectivity index (χ0v) is 9.05. The number of piperidine rings is 1. The second-order valence-corrected chi connectivity index (χ2v) is 3.97. The Hall–Kier alpha value is -0.340. The summed E-state index contributed by atoms with van der Waals surface area (Å²) in [6.07, 6.45) is 2.63. The van der Waals surface area contributed by atoms with E-state index < -0.39 is 0 Å². The van der Waals surface area contributed by atoms with Gasteiger partial charge in [0.05, 0.1) is 6.10 Å². The van der Waals surface area contributed by atoms with E-state index in [-0.39, 0.29) is 0 Å². The summed E-state index contributed by atoms with van der Waals surface area (Å²) in [4.78, 5) is 2.49. The van der Waals surface area contributed by atoms with E-state index in [1.807, 2.05) is 0 Å². The molecule has 0 aromatic carbocycles. The molecule has 0 saturated carbocycles. The lowest BCUT2D eigenvalue weighted by Gasteiger charge is -2.35. The Bertz CT molecular complexity index is 169. The number of hydrogen-bond acceptors (Lipinski definition) is 2. The van der Waals surface area contributed by atoms with Gasteiger partial charge in [-0.15, -0.1) is 0 Å². The quantitative estimate of drug-likeness (QED) is 0.621. The molecule has 13 heavy (non-hydrogen) atoms. The van der Waals surface area contributed by atoms with Gasteiger partial charge in [0.25, 0.3) is 0 Å². The van der Waals surface area contributed by atoms with Gasteiger partial charge in [0.2, 0.25) is 0 Å². The highest BCUT2D eigenvalue weighted by Crippen LogP contribution is 2.18. The van der Waals surface area contributed by atoms with Crippen molar-refractivity contribution in [3.8, 4) is 0 Å². The van der Waals surface area contributed by atoms with E-state index in [0.29, 0.717) is 12.1 Å². The van der Waals surface area contributed by atoms with Crippen LogP contribution in [0.5, 0.6) is 0 Å². The van der Waals surface area contributed by atoms with Crippen LogP contribution < -0.4 is 0 Å². The van der Waals surface area contributed by atoms with Crippen molar-refractivity contribution >= 4 is 0 Å². The predicted octanol–water partition coefficient (Wildman–Crippen LogP) is 2.06. The summed E-state index contributed by atoms with van der Waals surface area (Å²) in [5.74, 6) is 0. The van der Waals surface area contributed by atoms with Crippen LogP contribution in [0.25, 0.3) is 0 Å². The van der Waals surface area contributed by atoms with Crippen LogP contribution in [-0.4, -0.2) is 37.2 Å². The molecule has 1 fully saturated rings. The highest BCUT2D eigenvalue weighted by atomic mass is 16.5. The van der Waals surface area contributed by atoms with E-state index in [9.17, 15) is 0 Å². The fourth-order valence-electron chi connectivity index (χ4n) is 1.74. The first-order chi connectivity index (χ1) is 6.15. The highest BCUT2D eigenvalue weighted by Gasteiger charge is 2.22. The van der Waals surface area contributed by atoms with Crippen LogP contribution in [0.2, 0.25) is 0 Å². The molecule has 0 radical (unpaired) electrons. The SMILES string of the molecule is C=C1CCN(C(C)C(C)OC)CC1. The van der Waals surface area contributed by atoms with Crippen LogP contribution in [0.1, 0.15) is 26.7 Å². The Morgan fingerprint density at radius 3 is 2.31 bits per heavy atom. The molecule has 2 heteroatoms. The Morgan fingerprint density at radius 1 is 1.31 bits per heavy atom. The molecule has 0 aromatic heterocycles. The number of rotatable bonds is 3. The number of likely N-dealkylation sites (tertiary alicyclic amines) is 1. The molecule has 0 amide bonds. The van der Waals surface area contributed by atoms with E-state index in [1.165, 1.54) is 5.57 Å². The Labute approximate surface area is 81.6 Å². The van der Waals surface area contributed by atoms with Crippen molar-refractivity contribution in [3.63, 3.8) is 0 Å². The van der Waals surface area contributed by atoms with Crippen LogP contribution in [0, 0.1) is 0 Å². The first-order valence-electron chi connectivity index (χ1n) is 5.08. The molecule has 0 aliphatic carbocycles. The molecule has 1 aliphatic rings. The van der Waals surface area contributed by atoms with Gasteiger partial charge < -0.3 is 4.74 Å². The van der Waals surface area contributed by atoms with Gasteiger partial charge in [-0.05, 0) is 26.7 Å².